The molecule has 2 heteroatoms. The maximum absolute atomic E-state index is 8.46. The van der Waals surface area contributed by atoms with Crippen LogP contribution in [0.3, 0.4) is 0 Å². The molecular formula is C10H11O2. The van der Waals surface area contributed by atoms with Gasteiger partial charge in [-0.15, -0.1) is 0 Å². The molecule has 0 fully saturated rings. The number of allylic oxidation sites excluding steroid dienone is 1. The Morgan fingerprint density at radius 3 is 3.17 bits per heavy atom. The molecule has 0 bridgehead atoms. The van der Waals surface area contributed by atoms with E-state index in [9.17, 15) is 0 Å². The Kier molecular flexibility index (Phi) is 3.35. The van der Waals surface area contributed by atoms with E-state index in [4.69, 9.17) is 5.26 Å². The third-order valence-corrected chi connectivity index (χ3v) is 1.47. The molecule has 1 aromatic carbocycles. The van der Waals surface area contributed by atoms with Crippen LogP contribution >= 0.6 is 0 Å². The Balaban J connectivity index is 2.89. The molecule has 0 amide bonds. The fourth-order valence-corrected chi connectivity index (χ4v) is 0.880. The average molecular weight is 163 g/mol. The van der Waals surface area contributed by atoms with Gasteiger partial charge in [-0.05, 0) is 18.6 Å². The van der Waals surface area contributed by atoms with Gasteiger partial charge in [0.25, 0.3) is 0 Å². The Morgan fingerprint density at radius 1 is 1.67 bits per heavy atom. The molecule has 0 heterocycles. The monoisotopic (exact) mass is 163 g/mol. The maximum atomic E-state index is 8.46. The van der Waals surface area contributed by atoms with E-state index in [0.29, 0.717) is 5.75 Å². The van der Waals surface area contributed by atoms with Gasteiger partial charge < -0.3 is 4.89 Å². The van der Waals surface area contributed by atoms with E-state index in [1.54, 1.807) is 18.2 Å². The first-order chi connectivity index (χ1) is 5.88. The average Bonchev–Trinajstić information content (AvgIpc) is 2.15. The summed E-state index contributed by atoms with van der Waals surface area (Å²) in [5, 5.41) is 8.46. The fraction of sp³-hybridized carbons (Fsp3) is 0.200. The van der Waals surface area contributed by atoms with Crippen LogP contribution in [0.1, 0.15) is 18.9 Å². The molecule has 1 aromatic rings. The van der Waals surface area contributed by atoms with E-state index in [1.165, 1.54) is 0 Å². The molecule has 0 aliphatic heterocycles. The smallest absolute Gasteiger partial charge is 0.172 e. The van der Waals surface area contributed by atoms with Crippen LogP contribution in [0.2, 0.25) is 0 Å². The van der Waals surface area contributed by atoms with E-state index in [0.717, 1.165) is 12.0 Å². The van der Waals surface area contributed by atoms with Crippen LogP contribution in [0, 0.1) is 6.07 Å². The summed E-state index contributed by atoms with van der Waals surface area (Å²) in [5.74, 6) is 0.433. The van der Waals surface area contributed by atoms with Crippen molar-refractivity contribution in [2.75, 3.05) is 0 Å². The maximum Gasteiger partial charge on any atom is 0.172 e. The zero-order valence-electron chi connectivity index (χ0n) is 6.95. The van der Waals surface area contributed by atoms with Crippen LogP contribution in [0.5, 0.6) is 5.75 Å². The molecule has 0 aliphatic carbocycles. The molecule has 0 spiro atoms. The summed E-state index contributed by atoms with van der Waals surface area (Å²) in [6, 6.07) is 8.17. The van der Waals surface area contributed by atoms with Crippen LogP contribution in [-0.4, -0.2) is 5.26 Å². The van der Waals surface area contributed by atoms with Gasteiger partial charge >= 0.3 is 0 Å². The van der Waals surface area contributed by atoms with Crippen molar-refractivity contribution in [1.29, 1.82) is 0 Å². The van der Waals surface area contributed by atoms with Crippen LogP contribution in [0.25, 0.3) is 6.08 Å². The van der Waals surface area contributed by atoms with E-state index in [-0.39, 0.29) is 0 Å². The Hall–Kier alpha value is -1.28. The topological polar surface area (TPSA) is 29.5 Å². The second-order valence-corrected chi connectivity index (χ2v) is 2.35. The second kappa shape index (κ2) is 4.57. The molecule has 12 heavy (non-hydrogen) atoms. The molecule has 0 saturated heterocycles. The van der Waals surface area contributed by atoms with Crippen molar-refractivity contribution in [3.8, 4) is 5.75 Å². The largest absolute Gasteiger partial charge is 0.340 e. The third kappa shape index (κ3) is 2.10. The number of benzene rings is 1. The summed E-state index contributed by atoms with van der Waals surface area (Å²) < 4.78 is 0. The molecule has 63 valence electrons. The first-order valence-electron chi connectivity index (χ1n) is 3.87. The summed E-state index contributed by atoms with van der Waals surface area (Å²) in [6.45, 7) is 2.04. The van der Waals surface area contributed by atoms with Crippen LogP contribution < -0.4 is 4.89 Å². The lowest BCUT2D eigenvalue weighted by Crippen LogP contribution is -1.86. The third-order valence-electron chi connectivity index (χ3n) is 1.47. The Bertz CT molecular complexity index is 266. The van der Waals surface area contributed by atoms with Crippen molar-refractivity contribution in [2.24, 2.45) is 0 Å². The molecule has 0 unspecified atom stereocenters. The highest BCUT2D eigenvalue weighted by molar-refractivity contribution is 5.56. The highest BCUT2D eigenvalue weighted by Gasteiger charge is 1.97. The number of hydrogen-bond acceptors (Lipinski definition) is 2. The summed E-state index contributed by atoms with van der Waals surface area (Å²) in [4.78, 5) is 4.16. The van der Waals surface area contributed by atoms with Crippen molar-refractivity contribution in [3.05, 3.63) is 35.9 Å². The highest BCUT2D eigenvalue weighted by Crippen LogP contribution is 2.17. The Morgan fingerprint density at radius 2 is 2.50 bits per heavy atom. The van der Waals surface area contributed by atoms with Crippen molar-refractivity contribution >= 4 is 6.08 Å². The molecule has 0 atom stereocenters. The van der Waals surface area contributed by atoms with E-state index in [1.807, 2.05) is 19.1 Å². The van der Waals surface area contributed by atoms with Crippen LogP contribution in [0.4, 0.5) is 0 Å². The van der Waals surface area contributed by atoms with Crippen molar-refractivity contribution in [1.82, 2.24) is 0 Å². The molecule has 1 radical (unpaired) electrons. The van der Waals surface area contributed by atoms with Gasteiger partial charge in [-0.1, -0.05) is 31.2 Å². The summed E-state index contributed by atoms with van der Waals surface area (Å²) in [5.41, 5.74) is 0.766. The minimum absolute atomic E-state index is 0.433. The van der Waals surface area contributed by atoms with Gasteiger partial charge in [0, 0.05) is 5.56 Å². The summed E-state index contributed by atoms with van der Waals surface area (Å²) in [7, 11) is 0. The zero-order valence-corrected chi connectivity index (χ0v) is 6.95. The lowest BCUT2D eigenvalue weighted by molar-refractivity contribution is -0.137. The van der Waals surface area contributed by atoms with Gasteiger partial charge in [0.2, 0.25) is 0 Å². The SMILES string of the molecule is CCC=Cc1[c]cccc1OO. The standard InChI is InChI=1S/C10H11O2/c1-2-3-6-9-7-4-5-8-10(9)12-11/h3-6,8,11H,2H2,1H3. The normalized spacial score (nSPS) is 10.5. The predicted molar refractivity (Wildman–Crippen MR) is 47.9 cm³/mol. The van der Waals surface area contributed by atoms with Gasteiger partial charge in [0.1, 0.15) is 0 Å². The summed E-state index contributed by atoms with van der Waals surface area (Å²) in [6.07, 6.45) is 4.80. The second-order valence-electron chi connectivity index (χ2n) is 2.35. The summed E-state index contributed by atoms with van der Waals surface area (Å²) >= 11 is 0. The Labute approximate surface area is 72.0 Å². The minimum atomic E-state index is 0.433. The van der Waals surface area contributed by atoms with Crippen LogP contribution in [0.15, 0.2) is 24.3 Å². The number of rotatable bonds is 3. The van der Waals surface area contributed by atoms with Gasteiger partial charge in [-0.25, -0.2) is 5.26 Å². The molecule has 1 rings (SSSR count). The van der Waals surface area contributed by atoms with Crippen molar-refractivity contribution in [3.63, 3.8) is 0 Å². The quantitative estimate of drug-likeness (QED) is 0.548. The van der Waals surface area contributed by atoms with E-state index >= 15 is 0 Å². The molecule has 0 saturated carbocycles. The first-order valence-corrected chi connectivity index (χ1v) is 3.87. The predicted octanol–water partition coefficient (Wildman–Crippen LogP) is 2.76. The van der Waals surface area contributed by atoms with Crippen LogP contribution in [-0.2, 0) is 0 Å². The minimum Gasteiger partial charge on any atom is -0.340 e. The van der Waals surface area contributed by atoms with Gasteiger partial charge in [0.05, 0.1) is 0 Å². The molecular weight excluding hydrogens is 152 g/mol. The fourth-order valence-electron chi connectivity index (χ4n) is 0.880. The lowest BCUT2D eigenvalue weighted by atomic mass is 10.2. The van der Waals surface area contributed by atoms with Gasteiger partial charge in [-0.2, -0.15) is 0 Å². The van der Waals surface area contributed by atoms with E-state index in [2.05, 4.69) is 11.0 Å². The van der Waals surface area contributed by atoms with E-state index < -0.39 is 0 Å². The van der Waals surface area contributed by atoms with Crippen molar-refractivity contribution in [2.45, 2.75) is 13.3 Å². The first kappa shape index (κ1) is 8.81. The highest BCUT2D eigenvalue weighted by atomic mass is 17.1. The molecule has 1 N–H and O–H groups in total. The van der Waals surface area contributed by atoms with Crippen molar-refractivity contribution < 1.29 is 10.1 Å². The van der Waals surface area contributed by atoms with Gasteiger partial charge in [-0.3, -0.25) is 0 Å². The molecule has 2 nitrogen and oxygen atoms in total. The zero-order chi connectivity index (χ0) is 8.81. The molecule has 0 aliphatic rings. The molecule has 0 aromatic heterocycles. The number of hydrogen-bond donors (Lipinski definition) is 1. The lowest BCUT2D eigenvalue weighted by Gasteiger charge is -1.99. The van der Waals surface area contributed by atoms with Gasteiger partial charge in [0.15, 0.2) is 5.75 Å².